The van der Waals surface area contributed by atoms with Gasteiger partial charge in [-0.05, 0) is 53.0 Å². The zero-order valence-corrected chi connectivity index (χ0v) is 13.3. The standard InChI is InChI=1S/C16H16BrN3O/c1-11-8-12-4-2-3-5-14(12)20(11)10-16(21)19-15-7-6-13(17)9-18-15/h2-7,9,11H,8,10H2,1H3,(H,18,19,21)/t11-/m1/s1. The Hall–Kier alpha value is -1.88. The number of carbonyl (C=O) groups excluding carboxylic acids is 1. The van der Waals surface area contributed by atoms with E-state index >= 15 is 0 Å². The van der Waals surface area contributed by atoms with Crippen molar-refractivity contribution < 1.29 is 4.79 Å². The average Bonchev–Trinajstić information content (AvgIpc) is 2.78. The maximum atomic E-state index is 12.2. The first kappa shape index (κ1) is 14.1. The van der Waals surface area contributed by atoms with Crippen LogP contribution in [-0.2, 0) is 11.2 Å². The molecular weight excluding hydrogens is 330 g/mol. The summed E-state index contributed by atoms with van der Waals surface area (Å²) in [6.45, 7) is 2.49. The van der Waals surface area contributed by atoms with Crippen molar-refractivity contribution in [2.75, 3.05) is 16.8 Å². The molecule has 0 saturated heterocycles. The number of aromatic nitrogens is 1. The summed E-state index contributed by atoms with van der Waals surface area (Å²) >= 11 is 3.33. The number of hydrogen-bond acceptors (Lipinski definition) is 3. The summed E-state index contributed by atoms with van der Waals surface area (Å²) in [5.41, 5.74) is 2.46. The van der Waals surface area contributed by atoms with Crippen LogP contribution in [0.5, 0.6) is 0 Å². The molecule has 1 aromatic carbocycles. The van der Waals surface area contributed by atoms with Crippen molar-refractivity contribution in [2.45, 2.75) is 19.4 Å². The second-order valence-corrected chi connectivity index (χ2v) is 6.14. The number of anilines is 2. The van der Waals surface area contributed by atoms with Gasteiger partial charge in [0.25, 0.3) is 0 Å². The molecule has 0 spiro atoms. The molecule has 4 nitrogen and oxygen atoms in total. The molecule has 108 valence electrons. The van der Waals surface area contributed by atoms with Crippen molar-refractivity contribution in [3.05, 3.63) is 52.6 Å². The molecule has 1 N–H and O–H groups in total. The fourth-order valence-electron chi connectivity index (χ4n) is 2.66. The van der Waals surface area contributed by atoms with E-state index in [1.165, 1.54) is 5.56 Å². The Kier molecular flexibility index (Phi) is 3.92. The molecule has 1 atom stereocenters. The summed E-state index contributed by atoms with van der Waals surface area (Å²) in [4.78, 5) is 18.5. The molecule has 1 amide bonds. The zero-order chi connectivity index (χ0) is 14.8. The van der Waals surface area contributed by atoms with E-state index in [-0.39, 0.29) is 5.91 Å². The third-order valence-electron chi connectivity index (χ3n) is 3.66. The Balaban J connectivity index is 1.69. The molecule has 21 heavy (non-hydrogen) atoms. The van der Waals surface area contributed by atoms with Crippen LogP contribution in [0.4, 0.5) is 11.5 Å². The number of fused-ring (bicyclic) bond motifs is 1. The lowest BCUT2D eigenvalue weighted by atomic mass is 10.1. The maximum Gasteiger partial charge on any atom is 0.245 e. The van der Waals surface area contributed by atoms with Gasteiger partial charge in [-0.2, -0.15) is 0 Å². The Labute approximate surface area is 132 Å². The molecule has 0 saturated carbocycles. The Morgan fingerprint density at radius 3 is 2.95 bits per heavy atom. The van der Waals surface area contributed by atoms with Crippen LogP contribution in [0.2, 0.25) is 0 Å². The van der Waals surface area contributed by atoms with Crippen LogP contribution in [0.25, 0.3) is 0 Å². The number of hydrogen-bond donors (Lipinski definition) is 1. The van der Waals surface area contributed by atoms with Gasteiger partial charge >= 0.3 is 0 Å². The minimum Gasteiger partial charge on any atom is -0.359 e. The molecule has 0 bridgehead atoms. The smallest absolute Gasteiger partial charge is 0.245 e. The quantitative estimate of drug-likeness (QED) is 0.928. The second-order valence-electron chi connectivity index (χ2n) is 5.22. The second kappa shape index (κ2) is 5.85. The summed E-state index contributed by atoms with van der Waals surface area (Å²) in [5, 5.41) is 2.83. The predicted octanol–water partition coefficient (Wildman–Crippen LogP) is 3.23. The van der Waals surface area contributed by atoms with Crippen LogP contribution < -0.4 is 10.2 Å². The average molecular weight is 346 g/mol. The number of pyridine rings is 1. The molecule has 2 aromatic rings. The molecular formula is C16H16BrN3O. The molecule has 3 rings (SSSR count). The van der Waals surface area contributed by atoms with E-state index in [4.69, 9.17) is 0 Å². The highest BCUT2D eigenvalue weighted by atomic mass is 79.9. The molecule has 0 fully saturated rings. The first-order valence-corrected chi connectivity index (χ1v) is 7.69. The van der Waals surface area contributed by atoms with Gasteiger partial charge in [-0.15, -0.1) is 0 Å². The first-order chi connectivity index (χ1) is 10.1. The molecule has 0 aliphatic carbocycles. The van der Waals surface area contributed by atoms with E-state index in [0.717, 1.165) is 16.6 Å². The zero-order valence-electron chi connectivity index (χ0n) is 11.7. The fourth-order valence-corrected chi connectivity index (χ4v) is 2.89. The fraction of sp³-hybridized carbons (Fsp3) is 0.250. The van der Waals surface area contributed by atoms with Crippen LogP contribution in [0, 0.1) is 0 Å². The molecule has 0 unspecified atom stereocenters. The minimum atomic E-state index is -0.0478. The minimum absolute atomic E-state index is 0.0478. The number of benzene rings is 1. The number of halogens is 1. The van der Waals surface area contributed by atoms with Crippen molar-refractivity contribution in [1.29, 1.82) is 0 Å². The van der Waals surface area contributed by atoms with Crippen LogP contribution in [-0.4, -0.2) is 23.5 Å². The molecule has 5 heteroatoms. The van der Waals surface area contributed by atoms with E-state index in [9.17, 15) is 4.79 Å². The van der Waals surface area contributed by atoms with Crippen molar-refractivity contribution in [3.63, 3.8) is 0 Å². The van der Waals surface area contributed by atoms with Crippen LogP contribution in [0.15, 0.2) is 47.1 Å². The van der Waals surface area contributed by atoms with E-state index in [1.54, 1.807) is 12.3 Å². The third kappa shape index (κ3) is 3.08. The molecule has 2 heterocycles. The SMILES string of the molecule is C[C@@H]1Cc2ccccc2N1CC(=O)Nc1ccc(Br)cn1. The monoisotopic (exact) mass is 345 g/mol. The topological polar surface area (TPSA) is 45.2 Å². The van der Waals surface area contributed by atoms with Crippen molar-refractivity contribution in [1.82, 2.24) is 4.98 Å². The molecule has 1 aliphatic rings. The van der Waals surface area contributed by atoms with Gasteiger partial charge in [-0.1, -0.05) is 18.2 Å². The number of rotatable bonds is 3. The van der Waals surface area contributed by atoms with Crippen LogP contribution in [0.1, 0.15) is 12.5 Å². The number of nitrogens with zero attached hydrogens (tertiary/aromatic N) is 2. The van der Waals surface area contributed by atoms with Gasteiger partial charge in [-0.3, -0.25) is 4.79 Å². The van der Waals surface area contributed by atoms with E-state index in [0.29, 0.717) is 18.4 Å². The van der Waals surface area contributed by atoms with Gasteiger partial charge in [0, 0.05) is 22.4 Å². The van der Waals surface area contributed by atoms with Gasteiger partial charge in [0.15, 0.2) is 0 Å². The summed E-state index contributed by atoms with van der Waals surface area (Å²) < 4.78 is 0.891. The van der Waals surface area contributed by atoms with Gasteiger partial charge in [0.05, 0.1) is 6.54 Å². The van der Waals surface area contributed by atoms with E-state index in [2.05, 4.69) is 50.2 Å². The van der Waals surface area contributed by atoms with Crippen LogP contribution >= 0.6 is 15.9 Å². The van der Waals surface area contributed by atoms with Gasteiger partial charge in [0.2, 0.25) is 5.91 Å². The summed E-state index contributed by atoms with van der Waals surface area (Å²) in [5.74, 6) is 0.525. The van der Waals surface area contributed by atoms with E-state index in [1.807, 2.05) is 18.2 Å². The number of amides is 1. The number of nitrogens with one attached hydrogen (secondary N) is 1. The summed E-state index contributed by atoms with van der Waals surface area (Å²) in [6, 6.07) is 12.2. The highest BCUT2D eigenvalue weighted by Crippen LogP contribution is 2.31. The number of para-hydroxylation sites is 1. The third-order valence-corrected chi connectivity index (χ3v) is 4.13. The Morgan fingerprint density at radius 1 is 1.38 bits per heavy atom. The van der Waals surface area contributed by atoms with E-state index < -0.39 is 0 Å². The lowest BCUT2D eigenvalue weighted by Crippen LogP contribution is -2.37. The van der Waals surface area contributed by atoms with Crippen LogP contribution in [0.3, 0.4) is 0 Å². The largest absolute Gasteiger partial charge is 0.359 e. The van der Waals surface area contributed by atoms with Crippen molar-refractivity contribution in [2.24, 2.45) is 0 Å². The highest BCUT2D eigenvalue weighted by molar-refractivity contribution is 9.10. The molecule has 1 aromatic heterocycles. The first-order valence-electron chi connectivity index (χ1n) is 6.89. The molecule has 1 aliphatic heterocycles. The van der Waals surface area contributed by atoms with Gasteiger partial charge < -0.3 is 10.2 Å². The predicted molar refractivity (Wildman–Crippen MR) is 87.5 cm³/mol. The van der Waals surface area contributed by atoms with Crippen molar-refractivity contribution >= 4 is 33.3 Å². The Morgan fingerprint density at radius 2 is 2.19 bits per heavy atom. The summed E-state index contributed by atoms with van der Waals surface area (Å²) in [7, 11) is 0. The summed E-state index contributed by atoms with van der Waals surface area (Å²) in [6.07, 6.45) is 2.66. The normalized spacial score (nSPS) is 16.7. The maximum absolute atomic E-state index is 12.2. The van der Waals surface area contributed by atoms with Gasteiger partial charge in [-0.25, -0.2) is 4.98 Å². The number of carbonyl (C=O) groups is 1. The lowest BCUT2D eigenvalue weighted by Gasteiger charge is -2.24. The van der Waals surface area contributed by atoms with Gasteiger partial charge in [0.1, 0.15) is 5.82 Å². The Bertz CT molecular complexity index is 657. The highest BCUT2D eigenvalue weighted by Gasteiger charge is 2.26. The molecule has 0 radical (unpaired) electrons. The van der Waals surface area contributed by atoms with Crippen molar-refractivity contribution in [3.8, 4) is 0 Å². The lowest BCUT2D eigenvalue weighted by molar-refractivity contribution is -0.115.